The van der Waals surface area contributed by atoms with Crippen LogP contribution in [0.3, 0.4) is 0 Å². The normalized spacial score (nSPS) is 12.2. The van der Waals surface area contributed by atoms with Gasteiger partial charge in [-0.25, -0.2) is 0 Å². The van der Waals surface area contributed by atoms with Crippen molar-refractivity contribution in [1.82, 2.24) is 0 Å². The van der Waals surface area contributed by atoms with E-state index in [4.69, 9.17) is 4.74 Å². The Morgan fingerprint density at radius 1 is 1.06 bits per heavy atom. The third-order valence-corrected chi connectivity index (χ3v) is 4.44. The van der Waals surface area contributed by atoms with Crippen molar-refractivity contribution in [1.29, 1.82) is 0 Å². The monoisotopic (exact) mass is 368 g/mol. The zero-order valence-electron chi connectivity index (χ0n) is 10.3. The van der Waals surface area contributed by atoms with Crippen LogP contribution in [0.2, 0.25) is 0 Å². The second kappa shape index (κ2) is 5.89. The minimum absolute atomic E-state index is 0.195. The molecule has 3 heteroatoms. The fourth-order valence-corrected chi connectivity index (χ4v) is 3.01. The molecule has 1 atom stereocenters. The Kier molecular flexibility index (Phi) is 4.46. The first-order chi connectivity index (χ1) is 8.61. The van der Waals surface area contributed by atoms with E-state index in [0.717, 1.165) is 10.2 Å². The van der Waals surface area contributed by atoms with Crippen LogP contribution in [0, 0.1) is 6.92 Å². The first-order valence-electron chi connectivity index (χ1n) is 5.66. The Bertz CT molecular complexity index is 535. The van der Waals surface area contributed by atoms with Gasteiger partial charge in [0.25, 0.3) is 0 Å². The number of benzene rings is 2. The van der Waals surface area contributed by atoms with Crippen molar-refractivity contribution in [3.05, 3.63) is 63.6 Å². The number of rotatable bonds is 3. The molecule has 0 saturated carbocycles. The van der Waals surface area contributed by atoms with Gasteiger partial charge in [0.15, 0.2) is 0 Å². The van der Waals surface area contributed by atoms with E-state index in [1.54, 1.807) is 7.11 Å². The molecule has 18 heavy (non-hydrogen) atoms. The number of alkyl halides is 1. The van der Waals surface area contributed by atoms with E-state index >= 15 is 0 Å². The van der Waals surface area contributed by atoms with Crippen LogP contribution in [-0.4, -0.2) is 7.11 Å². The van der Waals surface area contributed by atoms with Crippen molar-refractivity contribution in [2.75, 3.05) is 7.11 Å². The molecule has 0 aromatic heterocycles. The molecule has 0 saturated heterocycles. The van der Waals surface area contributed by atoms with Crippen LogP contribution in [0.1, 0.15) is 21.5 Å². The maximum atomic E-state index is 5.17. The van der Waals surface area contributed by atoms with E-state index in [0.29, 0.717) is 0 Å². The van der Waals surface area contributed by atoms with E-state index in [1.165, 1.54) is 16.7 Å². The largest absolute Gasteiger partial charge is 0.497 e. The maximum Gasteiger partial charge on any atom is 0.118 e. The molecule has 0 fully saturated rings. The summed E-state index contributed by atoms with van der Waals surface area (Å²) in [5.41, 5.74) is 3.77. The van der Waals surface area contributed by atoms with Crippen molar-refractivity contribution >= 4 is 31.9 Å². The standard InChI is InChI=1S/C15H14Br2O/c1-10-3-6-12(16)9-14(10)15(17)11-4-7-13(18-2)8-5-11/h3-9,15H,1-2H3. The number of ether oxygens (including phenoxy) is 1. The van der Waals surface area contributed by atoms with Crippen LogP contribution in [0.4, 0.5) is 0 Å². The van der Waals surface area contributed by atoms with Gasteiger partial charge in [0.2, 0.25) is 0 Å². The van der Waals surface area contributed by atoms with Crippen molar-refractivity contribution < 1.29 is 4.74 Å². The predicted molar refractivity (Wildman–Crippen MR) is 82.6 cm³/mol. The molecular weight excluding hydrogens is 356 g/mol. The summed E-state index contributed by atoms with van der Waals surface area (Å²) in [5.74, 6) is 0.879. The lowest BCUT2D eigenvalue weighted by Crippen LogP contribution is -1.96. The molecule has 0 bridgehead atoms. The molecule has 1 unspecified atom stereocenters. The summed E-state index contributed by atoms with van der Waals surface area (Å²) in [6, 6.07) is 14.5. The average molecular weight is 370 g/mol. The van der Waals surface area contributed by atoms with E-state index in [9.17, 15) is 0 Å². The maximum absolute atomic E-state index is 5.17. The van der Waals surface area contributed by atoms with Crippen LogP contribution < -0.4 is 4.74 Å². The van der Waals surface area contributed by atoms with Crippen molar-refractivity contribution in [2.45, 2.75) is 11.8 Å². The first-order valence-corrected chi connectivity index (χ1v) is 7.36. The van der Waals surface area contributed by atoms with Gasteiger partial charge in [-0.1, -0.05) is 50.1 Å². The van der Waals surface area contributed by atoms with Gasteiger partial charge in [0.05, 0.1) is 11.9 Å². The van der Waals surface area contributed by atoms with Gasteiger partial charge in [-0.15, -0.1) is 0 Å². The molecule has 0 heterocycles. The van der Waals surface area contributed by atoms with Crippen molar-refractivity contribution in [3.8, 4) is 5.75 Å². The lowest BCUT2D eigenvalue weighted by Gasteiger charge is -2.14. The molecule has 0 aliphatic carbocycles. The fraction of sp³-hybridized carbons (Fsp3) is 0.200. The summed E-state index contributed by atoms with van der Waals surface area (Å²) in [6.45, 7) is 2.12. The summed E-state index contributed by atoms with van der Waals surface area (Å²) in [6.07, 6.45) is 0. The van der Waals surface area contributed by atoms with Gasteiger partial charge in [-0.3, -0.25) is 0 Å². The molecule has 0 aliphatic rings. The zero-order chi connectivity index (χ0) is 13.1. The Morgan fingerprint density at radius 3 is 2.33 bits per heavy atom. The molecular formula is C15H14Br2O. The topological polar surface area (TPSA) is 9.23 Å². The number of methoxy groups -OCH3 is 1. The van der Waals surface area contributed by atoms with Gasteiger partial charge in [-0.2, -0.15) is 0 Å². The number of aryl methyl sites for hydroxylation is 1. The number of halogens is 2. The SMILES string of the molecule is COc1ccc(C(Br)c2cc(Br)ccc2C)cc1. The van der Waals surface area contributed by atoms with Gasteiger partial charge in [0.1, 0.15) is 5.75 Å². The summed E-state index contributed by atoms with van der Waals surface area (Å²) < 4.78 is 6.27. The van der Waals surface area contributed by atoms with Crippen LogP contribution >= 0.6 is 31.9 Å². The number of hydrogen-bond donors (Lipinski definition) is 0. The van der Waals surface area contributed by atoms with Crippen molar-refractivity contribution in [3.63, 3.8) is 0 Å². The van der Waals surface area contributed by atoms with E-state index in [2.05, 4.69) is 69.1 Å². The molecule has 0 radical (unpaired) electrons. The summed E-state index contributed by atoms with van der Waals surface area (Å²) in [5, 5.41) is 0. The Labute approximate surface area is 124 Å². The summed E-state index contributed by atoms with van der Waals surface area (Å²) in [4.78, 5) is 0.195. The second-order valence-corrected chi connectivity index (χ2v) is 5.97. The molecule has 0 amide bonds. The number of hydrogen-bond acceptors (Lipinski definition) is 1. The highest BCUT2D eigenvalue weighted by molar-refractivity contribution is 9.10. The Hall–Kier alpha value is -0.800. The average Bonchev–Trinajstić information content (AvgIpc) is 2.41. The highest BCUT2D eigenvalue weighted by Crippen LogP contribution is 2.34. The lowest BCUT2D eigenvalue weighted by molar-refractivity contribution is 0.414. The van der Waals surface area contributed by atoms with E-state index in [-0.39, 0.29) is 4.83 Å². The van der Waals surface area contributed by atoms with Gasteiger partial charge < -0.3 is 4.74 Å². The summed E-state index contributed by atoms with van der Waals surface area (Å²) >= 11 is 7.28. The molecule has 2 aromatic carbocycles. The van der Waals surface area contributed by atoms with Gasteiger partial charge >= 0.3 is 0 Å². The lowest BCUT2D eigenvalue weighted by atomic mass is 10.0. The van der Waals surface area contributed by atoms with Crippen LogP contribution in [0.5, 0.6) is 5.75 Å². The zero-order valence-corrected chi connectivity index (χ0v) is 13.5. The molecule has 1 nitrogen and oxygen atoms in total. The molecule has 0 N–H and O–H groups in total. The highest BCUT2D eigenvalue weighted by Gasteiger charge is 2.13. The molecule has 2 aromatic rings. The molecule has 0 spiro atoms. The van der Waals surface area contributed by atoms with Crippen LogP contribution in [0.25, 0.3) is 0 Å². The molecule has 0 aliphatic heterocycles. The second-order valence-electron chi connectivity index (χ2n) is 4.14. The molecule has 2 rings (SSSR count). The van der Waals surface area contributed by atoms with Crippen molar-refractivity contribution in [2.24, 2.45) is 0 Å². The van der Waals surface area contributed by atoms with Crippen LogP contribution in [0.15, 0.2) is 46.9 Å². The van der Waals surface area contributed by atoms with Gasteiger partial charge in [0, 0.05) is 4.47 Å². The van der Waals surface area contributed by atoms with E-state index < -0.39 is 0 Å². The third kappa shape index (κ3) is 2.96. The fourth-order valence-electron chi connectivity index (χ4n) is 1.84. The summed E-state index contributed by atoms with van der Waals surface area (Å²) in [7, 11) is 1.68. The minimum atomic E-state index is 0.195. The highest BCUT2D eigenvalue weighted by atomic mass is 79.9. The van der Waals surface area contributed by atoms with Crippen LogP contribution in [-0.2, 0) is 0 Å². The Morgan fingerprint density at radius 2 is 1.72 bits per heavy atom. The third-order valence-electron chi connectivity index (χ3n) is 2.92. The quantitative estimate of drug-likeness (QED) is 0.671. The first kappa shape index (κ1) is 13.6. The minimum Gasteiger partial charge on any atom is -0.497 e. The smallest absolute Gasteiger partial charge is 0.118 e. The van der Waals surface area contributed by atoms with Gasteiger partial charge in [-0.05, 0) is 47.9 Å². The Balaban J connectivity index is 2.34. The predicted octanol–water partition coefficient (Wildman–Crippen LogP) is 5.25. The van der Waals surface area contributed by atoms with E-state index in [1.807, 2.05) is 12.1 Å². The molecule has 94 valence electrons.